The van der Waals surface area contributed by atoms with E-state index in [9.17, 15) is 9.59 Å². The second kappa shape index (κ2) is 7.83. The van der Waals surface area contributed by atoms with Crippen LogP contribution < -0.4 is 5.32 Å². The number of carbonyl (C=O) groups excluding carboxylic acids is 2. The van der Waals surface area contributed by atoms with Crippen molar-refractivity contribution in [1.82, 2.24) is 20.0 Å². The molecule has 1 saturated heterocycles. The van der Waals surface area contributed by atoms with E-state index in [2.05, 4.69) is 26.3 Å². The number of nitrogens with zero attached hydrogens (tertiary/aromatic N) is 3. The number of carbonyl (C=O) groups is 2. The van der Waals surface area contributed by atoms with Crippen LogP contribution in [0.3, 0.4) is 0 Å². The Morgan fingerprint density at radius 1 is 1.14 bits per heavy atom. The lowest BCUT2D eigenvalue weighted by Gasteiger charge is -2.35. The van der Waals surface area contributed by atoms with Gasteiger partial charge in [-0.15, -0.1) is 0 Å². The van der Waals surface area contributed by atoms with Crippen LogP contribution in [0.4, 0.5) is 0 Å². The number of benzene rings is 2. The Bertz CT molecular complexity index is 1080. The van der Waals surface area contributed by atoms with E-state index >= 15 is 0 Å². The van der Waals surface area contributed by atoms with Crippen molar-refractivity contribution < 1.29 is 9.59 Å². The van der Waals surface area contributed by atoms with Crippen molar-refractivity contribution in [3.63, 3.8) is 0 Å². The molecule has 6 nitrogen and oxygen atoms in total. The van der Waals surface area contributed by atoms with Crippen molar-refractivity contribution in [1.29, 1.82) is 0 Å². The quantitative estimate of drug-likeness (QED) is 0.660. The number of amides is 2. The lowest BCUT2D eigenvalue weighted by Crippen LogP contribution is -2.52. The zero-order chi connectivity index (χ0) is 20.5. The first-order valence-corrected chi connectivity index (χ1v) is 10.2. The van der Waals surface area contributed by atoms with Gasteiger partial charge in [0.25, 0.3) is 5.91 Å². The molecule has 4 rings (SSSR count). The summed E-state index contributed by atoms with van der Waals surface area (Å²) in [6.07, 6.45) is 0. The molecule has 1 unspecified atom stereocenters. The molecule has 148 valence electrons. The highest BCUT2D eigenvalue weighted by atomic mass is 79.9. The van der Waals surface area contributed by atoms with Gasteiger partial charge in [0.05, 0.1) is 11.4 Å². The lowest BCUT2D eigenvalue weighted by atomic mass is 9.99. The predicted octanol–water partition coefficient (Wildman–Crippen LogP) is 3.56. The minimum Gasteiger partial charge on any atom is -0.352 e. The molecule has 7 heteroatoms. The predicted molar refractivity (Wildman–Crippen MR) is 114 cm³/mol. The fourth-order valence-electron chi connectivity index (χ4n) is 3.83. The summed E-state index contributed by atoms with van der Waals surface area (Å²) in [5.74, 6) is -0.351. The molecule has 2 aromatic carbocycles. The molecule has 1 fully saturated rings. The molecule has 1 aliphatic rings. The molecular formula is C22H21BrN4O2. The van der Waals surface area contributed by atoms with E-state index in [-0.39, 0.29) is 11.8 Å². The topological polar surface area (TPSA) is 67.2 Å². The Hall–Kier alpha value is -2.93. The Kier molecular flexibility index (Phi) is 5.24. The lowest BCUT2D eigenvalue weighted by molar-refractivity contribution is -0.128. The standard InChI is InChI=1S/C22H21BrN4O2/c1-14-19(15(2)27(25-14)18-9-4-3-5-10-18)20-21(28)24-11-12-26(20)22(29)16-7-6-8-17(23)13-16/h3-10,13,20H,11-12H2,1-2H3,(H,24,28). The van der Waals surface area contributed by atoms with Crippen molar-refractivity contribution in [2.24, 2.45) is 0 Å². The normalized spacial score (nSPS) is 16.6. The molecule has 0 saturated carbocycles. The van der Waals surface area contributed by atoms with Crippen LogP contribution in [0, 0.1) is 13.8 Å². The van der Waals surface area contributed by atoms with E-state index in [1.54, 1.807) is 17.0 Å². The Balaban J connectivity index is 1.78. The van der Waals surface area contributed by atoms with Gasteiger partial charge in [0, 0.05) is 34.4 Å². The fraction of sp³-hybridized carbons (Fsp3) is 0.227. The van der Waals surface area contributed by atoms with Crippen LogP contribution in [0.1, 0.15) is 33.4 Å². The molecule has 2 heterocycles. The average Bonchev–Trinajstić information content (AvgIpc) is 3.02. The van der Waals surface area contributed by atoms with Gasteiger partial charge in [0.15, 0.2) is 0 Å². The molecule has 1 atom stereocenters. The van der Waals surface area contributed by atoms with Gasteiger partial charge in [0.1, 0.15) is 6.04 Å². The molecule has 1 aliphatic heterocycles. The van der Waals surface area contributed by atoms with Gasteiger partial charge < -0.3 is 10.2 Å². The minimum atomic E-state index is -0.715. The SMILES string of the molecule is Cc1nn(-c2ccccc2)c(C)c1C1C(=O)NCCN1C(=O)c1cccc(Br)c1. The van der Waals surface area contributed by atoms with Gasteiger partial charge in [-0.25, -0.2) is 4.68 Å². The van der Waals surface area contributed by atoms with E-state index in [1.807, 2.05) is 61.0 Å². The number of nitrogens with one attached hydrogen (secondary N) is 1. The number of halogens is 1. The third kappa shape index (κ3) is 3.58. The number of piperazine rings is 1. The third-order valence-electron chi connectivity index (χ3n) is 5.17. The van der Waals surface area contributed by atoms with Crippen molar-refractivity contribution in [3.8, 4) is 5.69 Å². The summed E-state index contributed by atoms with van der Waals surface area (Å²) >= 11 is 3.42. The molecule has 2 amide bonds. The zero-order valence-corrected chi connectivity index (χ0v) is 17.8. The number of aryl methyl sites for hydroxylation is 1. The van der Waals surface area contributed by atoms with Crippen LogP contribution in [0.25, 0.3) is 5.69 Å². The summed E-state index contributed by atoms with van der Waals surface area (Å²) in [5.41, 5.74) is 3.82. The maximum atomic E-state index is 13.3. The molecule has 0 aliphatic carbocycles. The first kappa shape index (κ1) is 19.4. The molecule has 29 heavy (non-hydrogen) atoms. The van der Waals surface area contributed by atoms with Gasteiger partial charge in [-0.05, 0) is 44.2 Å². The summed E-state index contributed by atoms with van der Waals surface area (Å²) in [5, 5.41) is 7.56. The van der Waals surface area contributed by atoms with Crippen LogP contribution in [0.2, 0.25) is 0 Å². The highest BCUT2D eigenvalue weighted by Gasteiger charge is 2.38. The number of para-hydroxylation sites is 1. The molecule has 1 aromatic heterocycles. The van der Waals surface area contributed by atoms with Crippen molar-refractivity contribution in [3.05, 3.63) is 81.6 Å². The molecule has 3 aromatic rings. The molecule has 0 radical (unpaired) electrons. The van der Waals surface area contributed by atoms with Gasteiger partial charge in [0.2, 0.25) is 5.91 Å². The third-order valence-corrected chi connectivity index (χ3v) is 5.66. The maximum Gasteiger partial charge on any atom is 0.254 e. The van der Waals surface area contributed by atoms with Gasteiger partial charge in [-0.2, -0.15) is 5.10 Å². The van der Waals surface area contributed by atoms with Crippen LogP contribution in [0.5, 0.6) is 0 Å². The van der Waals surface area contributed by atoms with Crippen LogP contribution in [0.15, 0.2) is 59.1 Å². The Morgan fingerprint density at radius 2 is 1.90 bits per heavy atom. The zero-order valence-electron chi connectivity index (χ0n) is 16.2. The summed E-state index contributed by atoms with van der Waals surface area (Å²) in [4.78, 5) is 27.8. The second-order valence-electron chi connectivity index (χ2n) is 7.03. The van der Waals surface area contributed by atoms with Crippen LogP contribution in [-0.2, 0) is 4.79 Å². The molecule has 1 N–H and O–H groups in total. The van der Waals surface area contributed by atoms with E-state index in [1.165, 1.54) is 0 Å². The maximum absolute atomic E-state index is 13.3. The van der Waals surface area contributed by atoms with Crippen molar-refractivity contribution in [2.45, 2.75) is 19.9 Å². The number of aromatic nitrogens is 2. The largest absolute Gasteiger partial charge is 0.352 e. The summed E-state index contributed by atoms with van der Waals surface area (Å²) < 4.78 is 2.65. The summed E-state index contributed by atoms with van der Waals surface area (Å²) in [6.45, 7) is 4.69. The fourth-order valence-corrected chi connectivity index (χ4v) is 4.23. The first-order valence-electron chi connectivity index (χ1n) is 9.43. The number of hydrogen-bond donors (Lipinski definition) is 1. The average molecular weight is 453 g/mol. The van der Waals surface area contributed by atoms with Crippen molar-refractivity contribution in [2.75, 3.05) is 13.1 Å². The van der Waals surface area contributed by atoms with E-state index in [0.717, 1.165) is 27.1 Å². The summed E-state index contributed by atoms with van der Waals surface area (Å²) in [6, 6.07) is 16.3. The monoisotopic (exact) mass is 452 g/mol. The molecule has 0 bridgehead atoms. The first-order chi connectivity index (χ1) is 14.0. The number of hydrogen-bond acceptors (Lipinski definition) is 3. The Labute approximate surface area is 177 Å². The molecule has 0 spiro atoms. The molecular weight excluding hydrogens is 432 g/mol. The van der Waals surface area contributed by atoms with Gasteiger partial charge in [-0.1, -0.05) is 40.2 Å². The smallest absolute Gasteiger partial charge is 0.254 e. The van der Waals surface area contributed by atoms with Crippen LogP contribution in [-0.4, -0.2) is 39.6 Å². The Morgan fingerprint density at radius 3 is 2.62 bits per heavy atom. The highest BCUT2D eigenvalue weighted by Crippen LogP contribution is 2.31. The number of rotatable bonds is 3. The van der Waals surface area contributed by atoms with E-state index < -0.39 is 6.04 Å². The van der Waals surface area contributed by atoms with Gasteiger partial charge in [-0.3, -0.25) is 9.59 Å². The van der Waals surface area contributed by atoms with Crippen molar-refractivity contribution >= 4 is 27.7 Å². The van der Waals surface area contributed by atoms with Crippen LogP contribution >= 0.6 is 15.9 Å². The van der Waals surface area contributed by atoms with E-state index in [4.69, 9.17) is 0 Å². The minimum absolute atomic E-state index is 0.169. The highest BCUT2D eigenvalue weighted by molar-refractivity contribution is 9.10. The summed E-state index contributed by atoms with van der Waals surface area (Å²) in [7, 11) is 0. The second-order valence-corrected chi connectivity index (χ2v) is 7.95. The van der Waals surface area contributed by atoms with Gasteiger partial charge >= 0.3 is 0 Å². The van der Waals surface area contributed by atoms with E-state index in [0.29, 0.717) is 18.7 Å².